The number of ether oxygens (including phenoxy) is 2. The number of hydrogen-bond acceptors (Lipinski definition) is 6. The fourth-order valence-corrected chi connectivity index (χ4v) is 2.42. The Kier molecular flexibility index (Phi) is 5.31. The molecule has 0 spiro atoms. The Morgan fingerprint density at radius 2 is 2.25 bits per heavy atom. The van der Waals surface area contributed by atoms with Crippen molar-refractivity contribution in [2.45, 2.75) is 25.5 Å². The summed E-state index contributed by atoms with van der Waals surface area (Å²) in [4.78, 5) is 4.12. The van der Waals surface area contributed by atoms with Crippen molar-refractivity contribution in [3.05, 3.63) is 29.9 Å². The molecule has 1 saturated heterocycles. The van der Waals surface area contributed by atoms with Crippen molar-refractivity contribution in [2.75, 3.05) is 19.8 Å². The van der Waals surface area contributed by atoms with Crippen molar-refractivity contribution in [3.63, 3.8) is 0 Å². The van der Waals surface area contributed by atoms with Crippen molar-refractivity contribution in [1.29, 1.82) is 0 Å². The zero-order valence-electron chi connectivity index (χ0n) is 12.7. The first kappa shape index (κ1) is 16.7. The molecule has 6 nitrogen and oxygen atoms in total. The Morgan fingerprint density at radius 1 is 1.38 bits per heavy atom. The second-order valence-electron chi connectivity index (χ2n) is 5.30. The SMILES string of the molecule is Fc1ccc(OC(F)F)cc1-c1noc(CCC2COCCN2)n1. The van der Waals surface area contributed by atoms with Gasteiger partial charge >= 0.3 is 6.61 Å². The summed E-state index contributed by atoms with van der Waals surface area (Å²) in [5, 5.41) is 7.01. The van der Waals surface area contributed by atoms with Crippen molar-refractivity contribution < 1.29 is 27.2 Å². The maximum Gasteiger partial charge on any atom is 0.387 e. The summed E-state index contributed by atoms with van der Waals surface area (Å²) in [6, 6.07) is 3.45. The number of hydrogen-bond donors (Lipinski definition) is 1. The van der Waals surface area contributed by atoms with Gasteiger partial charge in [0.25, 0.3) is 0 Å². The Morgan fingerprint density at radius 3 is 3.00 bits per heavy atom. The molecular weight excluding hydrogens is 327 g/mol. The maximum absolute atomic E-state index is 13.9. The Balaban J connectivity index is 1.68. The molecule has 1 aliphatic heterocycles. The van der Waals surface area contributed by atoms with Crippen LogP contribution in [0.15, 0.2) is 22.7 Å². The fourth-order valence-electron chi connectivity index (χ4n) is 2.42. The molecule has 1 atom stereocenters. The van der Waals surface area contributed by atoms with E-state index in [1.54, 1.807) is 0 Å². The lowest BCUT2D eigenvalue weighted by Gasteiger charge is -2.22. The minimum atomic E-state index is -2.99. The number of benzene rings is 1. The zero-order chi connectivity index (χ0) is 16.9. The molecule has 2 aromatic rings. The second-order valence-corrected chi connectivity index (χ2v) is 5.30. The van der Waals surface area contributed by atoms with Gasteiger partial charge in [-0.3, -0.25) is 0 Å². The molecule has 0 radical (unpaired) electrons. The summed E-state index contributed by atoms with van der Waals surface area (Å²) in [6.45, 7) is -0.892. The van der Waals surface area contributed by atoms with Crippen LogP contribution in [0.25, 0.3) is 11.4 Å². The van der Waals surface area contributed by atoms with Crippen molar-refractivity contribution in [3.8, 4) is 17.1 Å². The Hall–Kier alpha value is -2.13. The highest BCUT2D eigenvalue weighted by molar-refractivity contribution is 5.57. The minimum Gasteiger partial charge on any atom is -0.435 e. The molecule has 0 aliphatic carbocycles. The highest BCUT2D eigenvalue weighted by Gasteiger charge is 2.18. The normalized spacial score (nSPS) is 18.1. The summed E-state index contributed by atoms with van der Waals surface area (Å²) in [7, 11) is 0. The zero-order valence-corrected chi connectivity index (χ0v) is 12.7. The number of rotatable bonds is 6. The topological polar surface area (TPSA) is 69.4 Å². The van der Waals surface area contributed by atoms with Crippen LogP contribution >= 0.6 is 0 Å². The van der Waals surface area contributed by atoms with E-state index in [0.29, 0.717) is 25.5 Å². The first-order chi connectivity index (χ1) is 11.6. The standard InChI is InChI=1S/C15H16F3N3O3/c16-12-3-2-10(23-15(17)18)7-11(12)14-20-13(24-21-14)4-1-9-8-22-6-5-19-9/h2-3,7,9,15,19H,1,4-6,8H2. The summed E-state index contributed by atoms with van der Waals surface area (Å²) < 4.78 is 53.1. The van der Waals surface area contributed by atoms with Crippen LogP contribution in [-0.2, 0) is 11.2 Å². The van der Waals surface area contributed by atoms with Gasteiger partial charge in [0.15, 0.2) is 0 Å². The molecule has 0 saturated carbocycles. The molecule has 1 aromatic carbocycles. The van der Waals surface area contributed by atoms with Gasteiger partial charge in [-0.15, -0.1) is 0 Å². The van der Waals surface area contributed by atoms with Crippen LogP contribution in [0.2, 0.25) is 0 Å². The lowest BCUT2D eigenvalue weighted by Crippen LogP contribution is -2.41. The highest BCUT2D eigenvalue weighted by Crippen LogP contribution is 2.26. The predicted octanol–water partition coefficient (Wildman–Crippen LogP) is 2.40. The smallest absolute Gasteiger partial charge is 0.387 e. The van der Waals surface area contributed by atoms with Crippen LogP contribution in [0, 0.1) is 5.82 Å². The van der Waals surface area contributed by atoms with Crippen LogP contribution < -0.4 is 10.1 Å². The van der Waals surface area contributed by atoms with E-state index >= 15 is 0 Å². The summed E-state index contributed by atoms with van der Waals surface area (Å²) in [6.07, 6.45) is 1.24. The number of nitrogens with zero attached hydrogens (tertiary/aromatic N) is 2. The Labute approximate surface area is 135 Å². The third-order valence-electron chi connectivity index (χ3n) is 3.58. The second kappa shape index (κ2) is 7.63. The van der Waals surface area contributed by atoms with E-state index in [-0.39, 0.29) is 23.2 Å². The summed E-state index contributed by atoms with van der Waals surface area (Å²) >= 11 is 0. The van der Waals surface area contributed by atoms with Crippen LogP contribution in [-0.4, -0.2) is 42.6 Å². The average Bonchev–Trinajstić information content (AvgIpc) is 3.04. The minimum absolute atomic E-state index is 0.00457. The monoisotopic (exact) mass is 343 g/mol. The maximum atomic E-state index is 13.9. The number of alkyl halides is 2. The number of nitrogens with one attached hydrogen (secondary N) is 1. The van der Waals surface area contributed by atoms with Crippen LogP contribution in [0.5, 0.6) is 5.75 Å². The number of halogens is 3. The van der Waals surface area contributed by atoms with Gasteiger partial charge in [0.1, 0.15) is 11.6 Å². The van der Waals surface area contributed by atoms with Gasteiger partial charge in [0, 0.05) is 19.0 Å². The van der Waals surface area contributed by atoms with Gasteiger partial charge in [0.05, 0.1) is 18.8 Å². The first-order valence-electron chi connectivity index (χ1n) is 7.50. The van der Waals surface area contributed by atoms with E-state index in [1.165, 1.54) is 0 Å². The van der Waals surface area contributed by atoms with E-state index in [2.05, 4.69) is 20.2 Å². The van der Waals surface area contributed by atoms with Crippen molar-refractivity contribution in [1.82, 2.24) is 15.5 Å². The van der Waals surface area contributed by atoms with Gasteiger partial charge in [-0.25, -0.2) is 4.39 Å². The summed E-state index contributed by atoms with van der Waals surface area (Å²) in [5.74, 6) is -0.477. The quantitative estimate of drug-likeness (QED) is 0.869. The third kappa shape index (κ3) is 4.24. The number of aryl methyl sites for hydroxylation is 1. The largest absolute Gasteiger partial charge is 0.435 e. The fraction of sp³-hybridized carbons (Fsp3) is 0.467. The predicted molar refractivity (Wildman–Crippen MR) is 77.3 cm³/mol. The van der Waals surface area contributed by atoms with Crippen molar-refractivity contribution >= 4 is 0 Å². The average molecular weight is 343 g/mol. The molecule has 3 rings (SSSR count). The molecule has 1 fully saturated rings. The molecule has 1 aromatic heterocycles. The van der Waals surface area contributed by atoms with Crippen LogP contribution in [0.1, 0.15) is 12.3 Å². The van der Waals surface area contributed by atoms with E-state index in [1.807, 2.05) is 0 Å². The lowest BCUT2D eigenvalue weighted by atomic mass is 10.1. The highest BCUT2D eigenvalue weighted by atomic mass is 19.3. The molecule has 1 unspecified atom stereocenters. The van der Waals surface area contributed by atoms with Gasteiger partial charge in [-0.2, -0.15) is 13.8 Å². The molecule has 2 heterocycles. The molecule has 24 heavy (non-hydrogen) atoms. The van der Waals surface area contributed by atoms with Gasteiger partial charge < -0.3 is 19.3 Å². The molecule has 1 N–H and O–H groups in total. The van der Waals surface area contributed by atoms with Gasteiger partial charge in [0.2, 0.25) is 11.7 Å². The molecule has 130 valence electrons. The molecule has 9 heteroatoms. The number of aromatic nitrogens is 2. The Bertz CT molecular complexity index is 675. The molecule has 0 bridgehead atoms. The van der Waals surface area contributed by atoms with E-state index in [0.717, 1.165) is 31.2 Å². The summed E-state index contributed by atoms with van der Waals surface area (Å²) in [5.41, 5.74) is -0.0534. The first-order valence-corrected chi connectivity index (χ1v) is 7.50. The molecular formula is C15H16F3N3O3. The third-order valence-corrected chi connectivity index (χ3v) is 3.58. The van der Waals surface area contributed by atoms with Crippen LogP contribution in [0.4, 0.5) is 13.2 Å². The molecule has 1 aliphatic rings. The van der Waals surface area contributed by atoms with Gasteiger partial charge in [-0.05, 0) is 24.6 Å². The van der Waals surface area contributed by atoms with Crippen molar-refractivity contribution in [2.24, 2.45) is 0 Å². The van der Waals surface area contributed by atoms with E-state index in [9.17, 15) is 13.2 Å². The lowest BCUT2D eigenvalue weighted by molar-refractivity contribution is -0.0498. The van der Waals surface area contributed by atoms with Gasteiger partial charge in [-0.1, -0.05) is 5.16 Å². The molecule has 0 amide bonds. The van der Waals surface area contributed by atoms with Crippen LogP contribution in [0.3, 0.4) is 0 Å². The van der Waals surface area contributed by atoms with E-state index < -0.39 is 12.4 Å². The number of morpholine rings is 1. The van der Waals surface area contributed by atoms with E-state index in [4.69, 9.17) is 9.26 Å².